The van der Waals surface area contributed by atoms with Gasteiger partial charge in [0.1, 0.15) is 0 Å². The van der Waals surface area contributed by atoms with Crippen LogP contribution < -0.4 is 5.32 Å². The molecule has 0 aromatic heterocycles. The molecule has 168 valence electrons. The molecule has 10 nitrogen and oxygen atoms in total. The Bertz CT molecular complexity index is 519. The summed E-state index contributed by atoms with van der Waals surface area (Å²) >= 11 is 0. The number of aliphatic carboxylic acids is 2. The number of rotatable bonds is 9. The third-order valence-corrected chi connectivity index (χ3v) is 5.03. The molecule has 29 heavy (non-hydrogen) atoms. The van der Waals surface area contributed by atoms with E-state index in [2.05, 4.69) is 22.0 Å². The highest BCUT2D eigenvalue weighted by Crippen LogP contribution is 2.01. The lowest BCUT2D eigenvalue weighted by Crippen LogP contribution is -2.49. The SMILES string of the molecule is CCCNC(=O)CN1CCN(CC)CCN(CC(=O)O)CCN(CC(=O)O)CC1. The van der Waals surface area contributed by atoms with Crippen LogP contribution in [0.25, 0.3) is 0 Å². The highest BCUT2D eigenvalue weighted by Gasteiger charge is 2.19. The fourth-order valence-corrected chi connectivity index (χ4v) is 3.28. The molecule has 1 fully saturated rings. The molecular weight excluding hydrogens is 378 g/mol. The van der Waals surface area contributed by atoms with Crippen LogP contribution in [0.1, 0.15) is 20.3 Å². The largest absolute Gasteiger partial charge is 0.480 e. The molecule has 0 bridgehead atoms. The zero-order valence-corrected chi connectivity index (χ0v) is 17.8. The Morgan fingerprint density at radius 1 is 0.690 bits per heavy atom. The molecule has 0 atom stereocenters. The summed E-state index contributed by atoms with van der Waals surface area (Å²) in [5.41, 5.74) is 0. The number of nitrogens with zero attached hydrogens (tertiary/aromatic N) is 4. The van der Waals surface area contributed by atoms with Gasteiger partial charge in [0.15, 0.2) is 0 Å². The topological polar surface area (TPSA) is 117 Å². The quantitative estimate of drug-likeness (QED) is 0.432. The van der Waals surface area contributed by atoms with Crippen LogP contribution in [0.4, 0.5) is 0 Å². The minimum absolute atomic E-state index is 0.0144. The minimum atomic E-state index is -0.911. The Labute approximate surface area is 173 Å². The van der Waals surface area contributed by atoms with Crippen molar-refractivity contribution in [2.75, 3.05) is 85.1 Å². The van der Waals surface area contributed by atoms with Crippen LogP contribution >= 0.6 is 0 Å². The summed E-state index contributed by atoms with van der Waals surface area (Å²) in [5.74, 6) is -1.81. The van der Waals surface area contributed by atoms with E-state index >= 15 is 0 Å². The van der Waals surface area contributed by atoms with Gasteiger partial charge < -0.3 is 20.4 Å². The number of hydrogen-bond acceptors (Lipinski definition) is 7. The average molecular weight is 416 g/mol. The Morgan fingerprint density at radius 2 is 1.07 bits per heavy atom. The zero-order valence-electron chi connectivity index (χ0n) is 17.8. The van der Waals surface area contributed by atoms with Gasteiger partial charge in [-0.3, -0.25) is 29.1 Å². The third-order valence-electron chi connectivity index (χ3n) is 5.03. The van der Waals surface area contributed by atoms with E-state index in [0.29, 0.717) is 52.4 Å². The van der Waals surface area contributed by atoms with Crippen LogP contribution in [0.15, 0.2) is 0 Å². The van der Waals surface area contributed by atoms with E-state index in [1.807, 2.05) is 16.7 Å². The number of carbonyl (C=O) groups excluding carboxylic acids is 1. The van der Waals surface area contributed by atoms with Gasteiger partial charge in [0.05, 0.1) is 19.6 Å². The van der Waals surface area contributed by atoms with Gasteiger partial charge in [0.25, 0.3) is 0 Å². The number of likely N-dealkylation sites (N-methyl/N-ethyl adjacent to an activating group) is 1. The molecule has 10 heteroatoms. The maximum atomic E-state index is 12.2. The second kappa shape index (κ2) is 14.3. The first-order valence-corrected chi connectivity index (χ1v) is 10.4. The first-order chi connectivity index (χ1) is 13.8. The van der Waals surface area contributed by atoms with Gasteiger partial charge in [-0.25, -0.2) is 0 Å². The Kier molecular flexibility index (Phi) is 12.4. The second-order valence-corrected chi connectivity index (χ2v) is 7.40. The van der Waals surface area contributed by atoms with Gasteiger partial charge >= 0.3 is 11.9 Å². The normalized spacial score (nSPS) is 19.2. The maximum absolute atomic E-state index is 12.2. The molecule has 1 amide bonds. The van der Waals surface area contributed by atoms with Crippen molar-refractivity contribution in [1.82, 2.24) is 24.9 Å². The molecule has 0 aromatic rings. The molecule has 0 radical (unpaired) electrons. The highest BCUT2D eigenvalue weighted by molar-refractivity contribution is 5.78. The molecule has 3 N–H and O–H groups in total. The summed E-state index contributed by atoms with van der Waals surface area (Å²) in [6.45, 7) is 10.6. The van der Waals surface area contributed by atoms with Crippen molar-refractivity contribution in [2.24, 2.45) is 0 Å². The molecule has 1 heterocycles. The van der Waals surface area contributed by atoms with E-state index in [4.69, 9.17) is 5.11 Å². The summed E-state index contributed by atoms with van der Waals surface area (Å²) in [5, 5.41) is 21.3. The van der Waals surface area contributed by atoms with Crippen molar-refractivity contribution in [3.05, 3.63) is 0 Å². The molecule has 0 spiro atoms. The molecular formula is C19H37N5O5. The number of carbonyl (C=O) groups is 3. The lowest BCUT2D eigenvalue weighted by atomic mass is 10.3. The van der Waals surface area contributed by atoms with Gasteiger partial charge in [0.2, 0.25) is 5.91 Å². The Morgan fingerprint density at radius 3 is 1.41 bits per heavy atom. The number of carboxylic acid groups (broad SMARTS) is 2. The number of carboxylic acids is 2. The smallest absolute Gasteiger partial charge is 0.317 e. The minimum Gasteiger partial charge on any atom is -0.480 e. The van der Waals surface area contributed by atoms with Crippen LogP contribution in [0.2, 0.25) is 0 Å². The van der Waals surface area contributed by atoms with E-state index < -0.39 is 11.9 Å². The van der Waals surface area contributed by atoms with Crippen molar-refractivity contribution >= 4 is 17.8 Å². The average Bonchev–Trinajstić information content (AvgIpc) is 2.65. The third kappa shape index (κ3) is 11.7. The van der Waals surface area contributed by atoms with Crippen LogP contribution in [-0.4, -0.2) is 133 Å². The van der Waals surface area contributed by atoms with Gasteiger partial charge in [-0.1, -0.05) is 13.8 Å². The Hall–Kier alpha value is -1.75. The molecule has 1 aliphatic rings. The predicted octanol–water partition coefficient (Wildman–Crippen LogP) is -1.08. The molecule has 1 saturated heterocycles. The van der Waals surface area contributed by atoms with E-state index in [1.54, 1.807) is 0 Å². The van der Waals surface area contributed by atoms with E-state index in [1.165, 1.54) is 0 Å². The monoisotopic (exact) mass is 415 g/mol. The molecule has 0 unspecified atom stereocenters. The summed E-state index contributed by atoms with van der Waals surface area (Å²) in [7, 11) is 0. The maximum Gasteiger partial charge on any atom is 0.317 e. The van der Waals surface area contributed by atoms with Crippen molar-refractivity contribution in [2.45, 2.75) is 20.3 Å². The summed E-state index contributed by atoms with van der Waals surface area (Å²) < 4.78 is 0. The van der Waals surface area contributed by atoms with Gasteiger partial charge in [-0.05, 0) is 13.0 Å². The van der Waals surface area contributed by atoms with Crippen molar-refractivity contribution in [3.63, 3.8) is 0 Å². The van der Waals surface area contributed by atoms with E-state index in [0.717, 1.165) is 26.1 Å². The fraction of sp³-hybridized carbons (Fsp3) is 0.842. The standard InChI is InChI=1S/C19H37N5O5/c1-3-5-20-17(25)14-22-8-6-21(4-2)7-9-23(15-18(26)27)12-13-24(11-10-22)16-19(28)29/h3-16H2,1-2H3,(H,20,25)(H,26,27)(H,28,29). The van der Waals surface area contributed by atoms with Gasteiger partial charge in [-0.15, -0.1) is 0 Å². The highest BCUT2D eigenvalue weighted by atomic mass is 16.4. The van der Waals surface area contributed by atoms with Crippen LogP contribution in [-0.2, 0) is 14.4 Å². The molecule has 0 aliphatic carbocycles. The van der Waals surface area contributed by atoms with Gasteiger partial charge in [-0.2, -0.15) is 0 Å². The van der Waals surface area contributed by atoms with Crippen LogP contribution in [0.3, 0.4) is 0 Å². The van der Waals surface area contributed by atoms with Crippen LogP contribution in [0.5, 0.6) is 0 Å². The zero-order chi connectivity index (χ0) is 21.6. The van der Waals surface area contributed by atoms with Crippen molar-refractivity contribution < 1.29 is 24.6 Å². The first kappa shape index (κ1) is 25.3. The molecule has 1 aliphatic heterocycles. The molecule has 0 aromatic carbocycles. The van der Waals surface area contributed by atoms with Crippen molar-refractivity contribution in [1.29, 1.82) is 0 Å². The fourth-order valence-electron chi connectivity index (χ4n) is 3.28. The second-order valence-electron chi connectivity index (χ2n) is 7.40. The predicted molar refractivity (Wildman–Crippen MR) is 110 cm³/mol. The van der Waals surface area contributed by atoms with Gasteiger partial charge in [0, 0.05) is 58.9 Å². The number of amides is 1. The summed E-state index contributed by atoms with van der Waals surface area (Å²) in [6.07, 6.45) is 0.884. The first-order valence-electron chi connectivity index (χ1n) is 10.4. The molecule has 0 saturated carbocycles. The molecule has 1 rings (SSSR count). The van der Waals surface area contributed by atoms with Crippen LogP contribution in [0, 0.1) is 0 Å². The Balaban J connectivity index is 2.81. The number of hydrogen-bond donors (Lipinski definition) is 3. The number of nitrogens with one attached hydrogen (secondary N) is 1. The summed E-state index contributed by atoms with van der Waals surface area (Å²) in [4.78, 5) is 42.6. The van der Waals surface area contributed by atoms with E-state index in [-0.39, 0.29) is 19.0 Å². The lowest BCUT2D eigenvalue weighted by Gasteiger charge is -2.33. The summed E-state index contributed by atoms with van der Waals surface area (Å²) in [6, 6.07) is 0. The lowest BCUT2D eigenvalue weighted by molar-refractivity contribution is -0.140. The van der Waals surface area contributed by atoms with E-state index in [9.17, 15) is 19.5 Å². The van der Waals surface area contributed by atoms with Crippen molar-refractivity contribution in [3.8, 4) is 0 Å².